The molecular formula is C13H14N4O. The van der Waals surface area contributed by atoms with Gasteiger partial charge in [0, 0.05) is 17.1 Å². The SMILES string of the molecule is Cc1cccc(NC(=O)c2ccc(N)cc2N)n1. The molecule has 18 heavy (non-hydrogen) atoms. The molecule has 2 rings (SSSR count). The standard InChI is InChI=1S/C13H14N4O/c1-8-3-2-4-12(16-8)17-13(18)10-6-5-9(14)7-11(10)15/h2-7H,14-15H2,1H3,(H,16,17,18). The van der Waals surface area contributed by atoms with Crippen molar-refractivity contribution in [2.75, 3.05) is 16.8 Å². The van der Waals surface area contributed by atoms with E-state index in [0.29, 0.717) is 22.8 Å². The van der Waals surface area contributed by atoms with E-state index in [2.05, 4.69) is 10.3 Å². The second kappa shape index (κ2) is 4.75. The summed E-state index contributed by atoms with van der Waals surface area (Å²) in [5.74, 6) is 0.196. The lowest BCUT2D eigenvalue weighted by atomic mass is 10.1. The van der Waals surface area contributed by atoms with Crippen LogP contribution in [-0.4, -0.2) is 10.9 Å². The molecule has 0 bridgehead atoms. The highest BCUT2D eigenvalue weighted by molar-refractivity contribution is 6.07. The molecule has 1 heterocycles. The van der Waals surface area contributed by atoms with Gasteiger partial charge in [-0.3, -0.25) is 4.79 Å². The van der Waals surface area contributed by atoms with E-state index in [1.807, 2.05) is 19.1 Å². The number of aromatic nitrogens is 1. The van der Waals surface area contributed by atoms with Gasteiger partial charge in [0.05, 0.1) is 5.56 Å². The first-order valence-electron chi connectivity index (χ1n) is 5.46. The number of pyridine rings is 1. The Morgan fingerprint density at radius 1 is 1.22 bits per heavy atom. The highest BCUT2D eigenvalue weighted by Crippen LogP contribution is 2.17. The van der Waals surface area contributed by atoms with E-state index in [1.54, 1.807) is 24.3 Å². The van der Waals surface area contributed by atoms with Gasteiger partial charge in [-0.15, -0.1) is 0 Å². The third kappa shape index (κ3) is 2.57. The Balaban J connectivity index is 2.22. The molecule has 5 nitrogen and oxygen atoms in total. The molecule has 0 saturated carbocycles. The molecule has 1 amide bonds. The zero-order valence-corrected chi connectivity index (χ0v) is 9.97. The van der Waals surface area contributed by atoms with E-state index in [1.165, 1.54) is 0 Å². The van der Waals surface area contributed by atoms with Crippen molar-refractivity contribution in [2.24, 2.45) is 0 Å². The number of nitrogen functional groups attached to an aromatic ring is 2. The van der Waals surface area contributed by atoms with Gasteiger partial charge in [0.1, 0.15) is 5.82 Å². The van der Waals surface area contributed by atoms with Crippen LogP contribution in [0.3, 0.4) is 0 Å². The summed E-state index contributed by atoms with van der Waals surface area (Å²) in [4.78, 5) is 16.2. The molecule has 2 aromatic rings. The van der Waals surface area contributed by atoms with Crippen LogP contribution in [0.1, 0.15) is 16.1 Å². The van der Waals surface area contributed by atoms with Crippen molar-refractivity contribution in [3.8, 4) is 0 Å². The minimum Gasteiger partial charge on any atom is -0.399 e. The van der Waals surface area contributed by atoms with Crippen LogP contribution >= 0.6 is 0 Å². The fourth-order valence-corrected chi connectivity index (χ4v) is 1.58. The Morgan fingerprint density at radius 3 is 2.67 bits per heavy atom. The molecule has 0 atom stereocenters. The molecule has 0 aliphatic heterocycles. The Bertz CT molecular complexity index is 595. The molecule has 1 aromatic heterocycles. The molecule has 0 saturated heterocycles. The number of aryl methyl sites for hydroxylation is 1. The molecule has 1 aromatic carbocycles. The maximum Gasteiger partial charge on any atom is 0.258 e. The Morgan fingerprint density at radius 2 is 2.00 bits per heavy atom. The van der Waals surface area contributed by atoms with Gasteiger partial charge >= 0.3 is 0 Å². The van der Waals surface area contributed by atoms with Gasteiger partial charge in [0.15, 0.2) is 0 Å². The number of hydrogen-bond donors (Lipinski definition) is 3. The lowest BCUT2D eigenvalue weighted by molar-refractivity contribution is 0.102. The number of hydrogen-bond acceptors (Lipinski definition) is 4. The molecule has 0 unspecified atom stereocenters. The third-order valence-electron chi connectivity index (χ3n) is 2.45. The Hall–Kier alpha value is -2.56. The van der Waals surface area contributed by atoms with Gasteiger partial charge in [-0.25, -0.2) is 4.98 Å². The number of anilines is 3. The van der Waals surface area contributed by atoms with Gasteiger partial charge in [0.25, 0.3) is 5.91 Å². The second-order valence-corrected chi connectivity index (χ2v) is 3.97. The number of amides is 1. The van der Waals surface area contributed by atoms with Gasteiger partial charge in [0.2, 0.25) is 0 Å². The number of carbonyl (C=O) groups is 1. The highest BCUT2D eigenvalue weighted by atomic mass is 16.1. The summed E-state index contributed by atoms with van der Waals surface area (Å²) in [6, 6.07) is 10.2. The fraction of sp³-hybridized carbons (Fsp3) is 0.0769. The number of benzene rings is 1. The quantitative estimate of drug-likeness (QED) is 0.700. The largest absolute Gasteiger partial charge is 0.399 e. The lowest BCUT2D eigenvalue weighted by Crippen LogP contribution is -2.15. The topological polar surface area (TPSA) is 94.0 Å². The summed E-state index contributed by atoms with van der Waals surface area (Å²) in [7, 11) is 0. The maximum atomic E-state index is 12.0. The van der Waals surface area contributed by atoms with Crippen molar-refractivity contribution in [3.63, 3.8) is 0 Å². The molecule has 92 valence electrons. The normalized spacial score (nSPS) is 10.1. The fourth-order valence-electron chi connectivity index (χ4n) is 1.58. The van der Waals surface area contributed by atoms with Gasteiger partial charge in [-0.1, -0.05) is 6.07 Å². The van der Waals surface area contributed by atoms with Crippen molar-refractivity contribution >= 4 is 23.1 Å². The van der Waals surface area contributed by atoms with E-state index in [0.717, 1.165) is 5.69 Å². The van der Waals surface area contributed by atoms with E-state index in [4.69, 9.17) is 11.5 Å². The summed E-state index contributed by atoms with van der Waals surface area (Å²) >= 11 is 0. The first-order valence-corrected chi connectivity index (χ1v) is 5.46. The van der Waals surface area contributed by atoms with Crippen LogP contribution in [-0.2, 0) is 0 Å². The summed E-state index contributed by atoms with van der Waals surface area (Å²) < 4.78 is 0. The summed E-state index contributed by atoms with van der Waals surface area (Å²) in [5, 5.41) is 2.69. The number of nitrogens with zero attached hydrogens (tertiary/aromatic N) is 1. The van der Waals surface area contributed by atoms with E-state index < -0.39 is 0 Å². The molecular weight excluding hydrogens is 228 g/mol. The zero-order chi connectivity index (χ0) is 13.1. The molecule has 0 spiro atoms. The van der Waals surface area contributed by atoms with Crippen molar-refractivity contribution in [2.45, 2.75) is 6.92 Å². The molecule has 0 aliphatic carbocycles. The lowest BCUT2D eigenvalue weighted by Gasteiger charge is -2.07. The van der Waals surface area contributed by atoms with Crippen LogP contribution in [0.15, 0.2) is 36.4 Å². The van der Waals surface area contributed by atoms with Crippen molar-refractivity contribution in [1.29, 1.82) is 0 Å². The van der Waals surface area contributed by atoms with E-state index >= 15 is 0 Å². The summed E-state index contributed by atoms with van der Waals surface area (Å²) in [6.45, 7) is 1.85. The monoisotopic (exact) mass is 242 g/mol. The van der Waals surface area contributed by atoms with Crippen molar-refractivity contribution < 1.29 is 4.79 Å². The van der Waals surface area contributed by atoms with Gasteiger partial charge in [-0.05, 0) is 37.3 Å². The average molecular weight is 242 g/mol. The highest BCUT2D eigenvalue weighted by Gasteiger charge is 2.10. The minimum atomic E-state index is -0.300. The first kappa shape index (κ1) is 11.9. The predicted octanol–water partition coefficient (Wildman–Crippen LogP) is 1.81. The number of nitrogens with two attached hydrogens (primary N) is 2. The summed E-state index contributed by atoms with van der Waals surface area (Å²) in [6.07, 6.45) is 0. The minimum absolute atomic E-state index is 0.300. The van der Waals surface area contributed by atoms with E-state index in [9.17, 15) is 4.79 Å². The van der Waals surface area contributed by atoms with E-state index in [-0.39, 0.29) is 5.91 Å². The average Bonchev–Trinajstić information content (AvgIpc) is 2.28. The predicted molar refractivity (Wildman–Crippen MR) is 72.2 cm³/mol. The smallest absolute Gasteiger partial charge is 0.258 e. The third-order valence-corrected chi connectivity index (χ3v) is 2.45. The van der Waals surface area contributed by atoms with Gasteiger partial charge < -0.3 is 16.8 Å². The van der Waals surface area contributed by atoms with Crippen LogP contribution in [0.4, 0.5) is 17.2 Å². The molecule has 0 aliphatic rings. The summed E-state index contributed by atoms with van der Waals surface area (Å²) in [5.41, 5.74) is 13.4. The molecule has 0 radical (unpaired) electrons. The molecule has 5 heteroatoms. The van der Waals surface area contributed by atoms with Crippen molar-refractivity contribution in [1.82, 2.24) is 4.98 Å². The molecule has 0 fully saturated rings. The Labute approximate surface area is 105 Å². The molecule has 5 N–H and O–H groups in total. The Kier molecular flexibility index (Phi) is 3.14. The van der Waals surface area contributed by atoms with Crippen LogP contribution in [0.5, 0.6) is 0 Å². The first-order chi connectivity index (χ1) is 8.56. The van der Waals surface area contributed by atoms with Crippen LogP contribution in [0, 0.1) is 6.92 Å². The van der Waals surface area contributed by atoms with Crippen LogP contribution in [0.2, 0.25) is 0 Å². The van der Waals surface area contributed by atoms with Crippen LogP contribution in [0.25, 0.3) is 0 Å². The van der Waals surface area contributed by atoms with Crippen LogP contribution < -0.4 is 16.8 Å². The second-order valence-electron chi connectivity index (χ2n) is 3.97. The number of rotatable bonds is 2. The van der Waals surface area contributed by atoms with Crippen molar-refractivity contribution in [3.05, 3.63) is 47.7 Å². The zero-order valence-electron chi connectivity index (χ0n) is 9.97. The van der Waals surface area contributed by atoms with Gasteiger partial charge in [-0.2, -0.15) is 0 Å². The number of carbonyl (C=O) groups excluding carboxylic acids is 1. The maximum absolute atomic E-state index is 12.0. The number of nitrogens with one attached hydrogen (secondary N) is 1.